The molecule has 0 aliphatic rings. The molecule has 0 bridgehead atoms. The van der Waals surface area contributed by atoms with Crippen LogP contribution in [-0.4, -0.2) is 28.6 Å². The van der Waals surface area contributed by atoms with Gasteiger partial charge in [0.25, 0.3) is 0 Å². The lowest BCUT2D eigenvalue weighted by molar-refractivity contribution is 0.0691. The van der Waals surface area contributed by atoms with Gasteiger partial charge in [0.05, 0.1) is 6.04 Å². The van der Waals surface area contributed by atoms with Gasteiger partial charge in [-0.25, -0.2) is 14.6 Å². The topological polar surface area (TPSA) is 91.3 Å². The Bertz CT molecular complexity index is 459. The van der Waals surface area contributed by atoms with E-state index in [1.165, 1.54) is 16.7 Å². The van der Waals surface area contributed by atoms with E-state index in [1.54, 1.807) is 6.92 Å². The molecule has 3 N–H and O–H groups in total. The summed E-state index contributed by atoms with van der Waals surface area (Å²) in [6.45, 7) is 6.70. The third kappa shape index (κ3) is 5.56. The molecular formula is C13H21N3O3S. The van der Waals surface area contributed by atoms with Gasteiger partial charge in [-0.3, -0.25) is 0 Å². The number of nitrogens with zero attached hydrogens (tertiary/aromatic N) is 1. The van der Waals surface area contributed by atoms with Gasteiger partial charge in [0, 0.05) is 11.9 Å². The molecule has 0 aliphatic heterocycles. The monoisotopic (exact) mass is 299 g/mol. The Kier molecular flexibility index (Phi) is 6.44. The number of amides is 2. The Hall–Kier alpha value is -1.63. The van der Waals surface area contributed by atoms with Crippen LogP contribution in [0.2, 0.25) is 0 Å². The molecule has 0 aliphatic carbocycles. The van der Waals surface area contributed by atoms with Crippen LogP contribution < -0.4 is 10.6 Å². The second kappa shape index (κ2) is 7.84. The van der Waals surface area contributed by atoms with Crippen molar-refractivity contribution < 1.29 is 14.7 Å². The first-order valence-electron chi connectivity index (χ1n) is 6.63. The van der Waals surface area contributed by atoms with Crippen molar-refractivity contribution in [2.24, 2.45) is 5.92 Å². The highest BCUT2D eigenvalue weighted by Gasteiger charge is 2.15. The number of rotatable bonds is 7. The Labute approximate surface area is 122 Å². The molecule has 0 saturated carbocycles. The fourth-order valence-corrected chi connectivity index (χ4v) is 2.41. The molecule has 6 nitrogen and oxygen atoms in total. The SMILES string of the molecule is CC(C)CCCNC(=O)NC(C)c1nc(C(=O)O)cs1. The number of carboxylic acid groups (broad SMARTS) is 1. The molecule has 0 saturated heterocycles. The predicted octanol–water partition coefficient (Wildman–Crippen LogP) is 2.64. The Morgan fingerprint density at radius 1 is 1.40 bits per heavy atom. The summed E-state index contributed by atoms with van der Waals surface area (Å²) in [5.41, 5.74) is 0.0102. The molecule has 7 heteroatoms. The van der Waals surface area contributed by atoms with Crippen LogP contribution in [0.25, 0.3) is 0 Å². The smallest absolute Gasteiger partial charge is 0.355 e. The first-order chi connectivity index (χ1) is 9.40. The standard InChI is InChI=1S/C13H21N3O3S/c1-8(2)5-4-6-14-13(19)15-9(3)11-16-10(7-20-11)12(17)18/h7-9H,4-6H2,1-3H3,(H,17,18)(H2,14,15,19). The normalized spacial score (nSPS) is 12.2. The minimum absolute atomic E-state index is 0.0102. The van der Waals surface area contributed by atoms with E-state index in [0.29, 0.717) is 17.5 Å². The van der Waals surface area contributed by atoms with E-state index in [-0.39, 0.29) is 17.8 Å². The molecule has 2 amide bonds. The van der Waals surface area contributed by atoms with Crippen LogP contribution in [0.1, 0.15) is 55.2 Å². The van der Waals surface area contributed by atoms with Crippen molar-refractivity contribution in [3.63, 3.8) is 0 Å². The highest BCUT2D eigenvalue weighted by atomic mass is 32.1. The largest absolute Gasteiger partial charge is 0.476 e. The van der Waals surface area contributed by atoms with Crippen LogP contribution in [0.4, 0.5) is 4.79 Å². The predicted molar refractivity (Wildman–Crippen MR) is 78.1 cm³/mol. The van der Waals surface area contributed by atoms with Crippen molar-refractivity contribution in [1.29, 1.82) is 0 Å². The van der Waals surface area contributed by atoms with Crippen LogP contribution in [0.3, 0.4) is 0 Å². The van der Waals surface area contributed by atoms with Gasteiger partial charge in [0.2, 0.25) is 0 Å². The minimum Gasteiger partial charge on any atom is -0.476 e. The zero-order valence-corrected chi connectivity index (χ0v) is 12.8. The Morgan fingerprint density at radius 2 is 2.10 bits per heavy atom. The van der Waals surface area contributed by atoms with Crippen LogP contribution >= 0.6 is 11.3 Å². The number of nitrogens with one attached hydrogen (secondary N) is 2. The lowest BCUT2D eigenvalue weighted by atomic mass is 10.1. The van der Waals surface area contributed by atoms with E-state index < -0.39 is 5.97 Å². The van der Waals surface area contributed by atoms with Gasteiger partial charge in [-0.05, 0) is 25.7 Å². The summed E-state index contributed by atoms with van der Waals surface area (Å²) in [5, 5.41) is 16.4. The number of carboxylic acids is 1. The second-order valence-corrected chi connectivity index (χ2v) is 5.92. The number of carbonyl (C=O) groups excluding carboxylic acids is 1. The first kappa shape index (κ1) is 16.4. The highest BCUT2D eigenvalue weighted by Crippen LogP contribution is 2.17. The van der Waals surface area contributed by atoms with Crippen LogP contribution in [0, 0.1) is 5.92 Å². The van der Waals surface area contributed by atoms with Crippen molar-refractivity contribution in [3.05, 3.63) is 16.1 Å². The molecule has 1 atom stereocenters. The number of hydrogen-bond acceptors (Lipinski definition) is 4. The van der Waals surface area contributed by atoms with Crippen molar-refractivity contribution >= 4 is 23.3 Å². The van der Waals surface area contributed by atoms with E-state index in [2.05, 4.69) is 29.5 Å². The fourth-order valence-electron chi connectivity index (χ4n) is 1.61. The molecule has 20 heavy (non-hydrogen) atoms. The number of thiazole rings is 1. The van der Waals surface area contributed by atoms with E-state index in [9.17, 15) is 9.59 Å². The molecule has 0 radical (unpaired) electrons. The summed E-state index contributed by atoms with van der Waals surface area (Å²) < 4.78 is 0. The second-order valence-electron chi connectivity index (χ2n) is 5.03. The van der Waals surface area contributed by atoms with Gasteiger partial charge in [-0.2, -0.15) is 0 Å². The molecular weight excluding hydrogens is 278 g/mol. The highest BCUT2D eigenvalue weighted by molar-refractivity contribution is 7.09. The van der Waals surface area contributed by atoms with Gasteiger partial charge < -0.3 is 15.7 Å². The first-order valence-corrected chi connectivity index (χ1v) is 7.51. The van der Waals surface area contributed by atoms with Crippen LogP contribution in [0.15, 0.2) is 5.38 Å². The third-order valence-electron chi connectivity index (χ3n) is 2.70. The van der Waals surface area contributed by atoms with Gasteiger partial charge in [0.1, 0.15) is 5.01 Å². The molecule has 1 aromatic heterocycles. The lowest BCUT2D eigenvalue weighted by Crippen LogP contribution is -2.37. The lowest BCUT2D eigenvalue weighted by Gasteiger charge is -2.12. The number of hydrogen-bond donors (Lipinski definition) is 3. The molecule has 1 heterocycles. The fraction of sp³-hybridized carbons (Fsp3) is 0.615. The summed E-state index contributed by atoms with van der Waals surface area (Å²) in [6, 6.07) is -0.563. The van der Waals surface area contributed by atoms with E-state index in [0.717, 1.165) is 12.8 Å². The molecule has 112 valence electrons. The van der Waals surface area contributed by atoms with Crippen LogP contribution in [0.5, 0.6) is 0 Å². The third-order valence-corrected chi connectivity index (χ3v) is 3.73. The van der Waals surface area contributed by atoms with Gasteiger partial charge in [0.15, 0.2) is 5.69 Å². The van der Waals surface area contributed by atoms with Crippen LogP contribution in [-0.2, 0) is 0 Å². The minimum atomic E-state index is -1.06. The Morgan fingerprint density at radius 3 is 2.65 bits per heavy atom. The molecule has 0 spiro atoms. The average molecular weight is 299 g/mol. The Balaban J connectivity index is 2.35. The maximum atomic E-state index is 11.7. The zero-order valence-electron chi connectivity index (χ0n) is 12.0. The molecule has 1 unspecified atom stereocenters. The van der Waals surface area contributed by atoms with Crippen molar-refractivity contribution in [2.75, 3.05) is 6.54 Å². The summed E-state index contributed by atoms with van der Waals surface area (Å²) in [5.74, 6) is -0.429. The summed E-state index contributed by atoms with van der Waals surface area (Å²) >= 11 is 1.23. The summed E-state index contributed by atoms with van der Waals surface area (Å²) in [6.07, 6.45) is 2.02. The van der Waals surface area contributed by atoms with Crippen molar-refractivity contribution in [3.8, 4) is 0 Å². The van der Waals surface area contributed by atoms with Gasteiger partial charge >= 0.3 is 12.0 Å². The molecule has 1 rings (SSSR count). The maximum Gasteiger partial charge on any atom is 0.355 e. The van der Waals surface area contributed by atoms with Crippen molar-refractivity contribution in [1.82, 2.24) is 15.6 Å². The van der Waals surface area contributed by atoms with Gasteiger partial charge in [-0.15, -0.1) is 11.3 Å². The number of aromatic nitrogens is 1. The van der Waals surface area contributed by atoms with E-state index in [4.69, 9.17) is 5.11 Å². The molecule has 1 aromatic rings. The zero-order chi connectivity index (χ0) is 15.1. The quantitative estimate of drug-likeness (QED) is 0.675. The summed E-state index contributed by atoms with van der Waals surface area (Å²) in [7, 11) is 0. The number of carbonyl (C=O) groups is 2. The number of aromatic carboxylic acids is 1. The molecule has 0 fully saturated rings. The maximum absolute atomic E-state index is 11.7. The van der Waals surface area contributed by atoms with E-state index >= 15 is 0 Å². The molecule has 0 aromatic carbocycles. The van der Waals surface area contributed by atoms with Gasteiger partial charge in [-0.1, -0.05) is 13.8 Å². The van der Waals surface area contributed by atoms with Crippen molar-refractivity contribution in [2.45, 2.75) is 39.7 Å². The summed E-state index contributed by atoms with van der Waals surface area (Å²) in [4.78, 5) is 26.3. The average Bonchev–Trinajstić information content (AvgIpc) is 2.84. The number of urea groups is 1. The van der Waals surface area contributed by atoms with E-state index in [1.807, 2.05) is 0 Å².